The van der Waals surface area contributed by atoms with E-state index < -0.39 is 10.0 Å². The number of hydrogen-bond donors (Lipinski definition) is 1. The Kier molecular flexibility index (Phi) is 6.92. The van der Waals surface area contributed by atoms with Gasteiger partial charge in [0.15, 0.2) is 6.61 Å². The van der Waals surface area contributed by atoms with Gasteiger partial charge in [0.1, 0.15) is 5.75 Å². The second kappa shape index (κ2) is 9.41. The van der Waals surface area contributed by atoms with Gasteiger partial charge in [-0.1, -0.05) is 25.5 Å². The van der Waals surface area contributed by atoms with E-state index in [1.165, 1.54) is 0 Å². The van der Waals surface area contributed by atoms with Crippen LogP contribution >= 0.6 is 0 Å². The van der Waals surface area contributed by atoms with Crippen molar-refractivity contribution in [2.75, 3.05) is 18.5 Å². The Morgan fingerprint density at radius 2 is 1.93 bits per heavy atom. The Balaban J connectivity index is 1.61. The Hall–Kier alpha value is -2.38. The minimum atomic E-state index is -3.52. The minimum absolute atomic E-state index is 0.0619. The maximum atomic E-state index is 13.0. The van der Waals surface area contributed by atoms with E-state index in [0.29, 0.717) is 18.0 Å². The molecule has 1 aliphatic heterocycles. The van der Waals surface area contributed by atoms with Crippen molar-refractivity contribution in [1.82, 2.24) is 4.31 Å². The van der Waals surface area contributed by atoms with Crippen LogP contribution in [0.15, 0.2) is 53.4 Å². The monoisotopic (exact) mass is 416 g/mol. The number of benzene rings is 2. The van der Waals surface area contributed by atoms with Crippen LogP contribution in [0, 0.1) is 6.92 Å². The third-order valence-corrected chi connectivity index (χ3v) is 7.11. The molecule has 0 bridgehead atoms. The molecule has 1 N–H and O–H groups in total. The van der Waals surface area contributed by atoms with Gasteiger partial charge in [-0.05, 0) is 68.1 Å². The summed E-state index contributed by atoms with van der Waals surface area (Å²) >= 11 is 0. The van der Waals surface area contributed by atoms with Crippen molar-refractivity contribution >= 4 is 21.6 Å². The number of aryl methyl sites for hydroxylation is 1. The van der Waals surface area contributed by atoms with E-state index in [2.05, 4.69) is 5.32 Å². The van der Waals surface area contributed by atoms with Crippen molar-refractivity contribution in [3.05, 3.63) is 54.1 Å². The number of amides is 1. The molecule has 2 aromatic carbocycles. The predicted octanol–water partition coefficient (Wildman–Crippen LogP) is 3.97. The summed E-state index contributed by atoms with van der Waals surface area (Å²) in [4.78, 5) is 12.4. The minimum Gasteiger partial charge on any atom is -0.484 e. The summed E-state index contributed by atoms with van der Waals surface area (Å²) < 4.78 is 33.1. The zero-order chi connectivity index (χ0) is 20.9. The van der Waals surface area contributed by atoms with Crippen LogP contribution in [0.4, 0.5) is 5.69 Å². The van der Waals surface area contributed by atoms with Gasteiger partial charge in [0.25, 0.3) is 5.91 Å². The Bertz CT molecular complexity index is 942. The van der Waals surface area contributed by atoms with Gasteiger partial charge in [-0.25, -0.2) is 8.42 Å². The first kappa shape index (κ1) is 21.3. The Labute approximate surface area is 172 Å². The molecular weight excluding hydrogens is 388 g/mol. The molecule has 0 aliphatic carbocycles. The number of anilines is 1. The van der Waals surface area contributed by atoms with Crippen LogP contribution in [0.2, 0.25) is 0 Å². The summed E-state index contributed by atoms with van der Waals surface area (Å²) in [6.07, 6.45) is 3.68. The first-order valence-electron chi connectivity index (χ1n) is 10.0. The molecule has 1 atom stereocenters. The molecule has 0 saturated carbocycles. The highest BCUT2D eigenvalue weighted by atomic mass is 32.2. The molecule has 0 radical (unpaired) electrons. The van der Waals surface area contributed by atoms with Crippen molar-refractivity contribution < 1.29 is 17.9 Å². The summed E-state index contributed by atoms with van der Waals surface area (Å²) in [5.41, 5.74) is 1.59. The smallest absolute Gasteiger partial charge is 0.262 e. The van der Waals surface area contributed by atoms with Crippen molar-refractivity contribution in [1.29, 1.82) is 0 Å². The number of nitrogens with one attached hydrogen (secondary N) is 1. The van der Waals surface area contributed by atoms with Crippen molar-refractivity contribution in [2.45, 2.75) is 50.5 Å². The average Bonchev–Trinajstić information content (AvgIpc) is 2.72. The fourth-order valence-corrected chi connectivity index (χ4v) is 5.36. The molecule has 7 heteroatoms. The summed E-state index contributed by atoms with van der Waals surface area (Å²) in [5.74, 6) is 0.331. The number of rotatable bonds is 7. The van der Waals surface area contributed by atoms with Crippen LogP contribution < -0.4 is 10.1 Å². The summed E-state index contributed by atoms with van der Waals surface area (Å²) in [6.45, 7) is 4.43. The normalized spacial score (nSPS) is 17.7. The van der Waals surface area contributed by atoms with Crippen LogP contribution in [-0.4, -0.2) is 37.8 Å². The average molecular weight is 417 g/mol. The molecule has 29 heavy (non-hydrogen) atoms. The van der Waals surface area contributed by atoms with Gasteiger partial charge in [0, 0.05) is 18.3 Å². The van der Waals surface area contributed by atoms with Crippen LogP contribution in [0.5, 0.6) is 5.75 Å². The highest BCUT2D eigenvalue weighted by Gasteiger charge is 2.32. The fraction of sp³-hybridized carbons (Fsp3) is 0.409. The fourth-order valence-electron chi connectivity index (χ4n) is 3.60. The molecule has 0 unspecified atom stereocenters. The Morgan fingerprint density at radius 3 is 2.62 bits per heavy atom. The van der Waals surface area contributed by atoms with Crippen LogP contribution in [0.3, 0.4) is 0 Å². The molecule has 2 aromatic rings. The lowest BCUT2D eigenvalue weighted by Gasteiger charge is -2.34. The molecule has 3 rings (SSSR count). The number of carbonyl (C=O) groups is 1. The van der Waals surface area contributed by atoms with Gasteiger partial charge >= 0.3 is 0 Å². The predicted molar refractivity (Wildman–Crippen MR) is 114 cm³/mol. The van der Waals surface area contributed by atoms with Crippen molar-refractivity contribution in [3.63, 3.8) is 0 Å². The van der Waals surface area contributed by atoms with Crippen LogP contribution in [0.25, 0.3) is 0 Å². The maximum Gasteiger partial charge on any atom is 0.262 e. The largest absolute Gasteiger partial charge is 0.484 e. The van der Waals surface area contributed by atoms with Crippen LogP contribution in [-0.2, 0) is 14.8 Å². The number of piperidine rings is 1. The number of carbonyl (C=O) groups excluding carboxylic acids is 1. The van der Waals surface area contributed by atoms with E-state index in [-0.39, 0.29) is 23.5 Å². The van der Waals surface area contributed by atoms with Gasteiger partial charge in [0.2, 0.25) is 10.0 Å². The molecule has 1 saturated heterocycles. The standard InChI is InChI=1S/C22H28N2O4S/c1-3-19-8-4-5-14-24(19)29(26,27)21-12-10-18(11-13-21)23-22(25)16-28-20-9-6-7-17(2)15-20/h6-7,9-13,15,19H,3-5,8,14,16H2,1-2H3,(H,23,25)/t19-/m1/s1. The molecule has 1 aliphatic rings. The molecule has 156 valence electrons. The van der Waals surface area contributed by atoms with Crippen LogP contribution in [0.1, 0.15) is 38.2 Å². The molecule has 1 fully saturated rings. The van der Waals surface area contributed by atoms with Gasteiger partial charge in [0.05, 0.1) is 4.90 Å². The SMILES string of the molecule is CC[C@@H]1CCCCN1S(=O)(=O)c1ccc(NC(=O)COc2cccc(C)c2)cc1. The molecule has 1 amide bonds. The van der Waals surface area contributed by atoms with Gasteiger partial charge in [-0.2, -0.15) is 4.31 Å². The first-order chi connectivity index (χ1) is 13.9. The van der Waals surface area contributed by atoms with Gasteiger partial charge < -0.3 is 10.1 Å². The molecule has 6 nitrogen and oxygen atoms in total. The number of ether oxygens (including phenoxy) is 1. The topological polar surface area (TPSA) is 75.7 Å². The first-order valence-corrected chi connectivity index (χ1v) is 11.5. The van der Waals surface area contributed by atoms with E-state index in [1.54, 1.807) is 34.6 Å². The highest BCUT2D eigenvalue weighted by Crippen LogP contribution is 2.27. The molecule has 1 heterocycles. The summed E-state index contributed by atoms with van der Waals surface area (Å²) in [5, 5.41) is 2.73. The zero-order valence-electron chi connectivity index (χ0n) is 16.9. The quantitative estimate of drug-likeness (QED) is 0.741. The van der Waals surface area contributed by atoms with E-state index >= 15 is 0 Å². The third-order valence-electron chi connectivity index (χ3n) is 5.15. The lowest BCUT2D eigenvalue weighted by atomic mass is 10.0. The third kappa shape index (κ3) is 5.36. The number of nitrogens with zero attached hydrogens (tertiary/aromatic N) is 1. The van der Waals surface area contributed by atoms with Gasteiger partial charge in [-0.3, -0.25) is 4.79 Å². The van der Waals surface area contributed by atoms with Crippen molar-refractivity contribution in [2.24, 2.45) is 0 Å². The van der Waals surface area contributed by atoms with Gasteiger partial charge in [-0.15, -0.1) is 0 Å². The second-order valence-electron chi connectivity index (χ2n) is 7.35. The molecule has 0 aromatic heterocycles. The van der Waals surface area contributed by atoms with E-state index in [0.717, 1.165) is 31.2 Å². The number of hydrogen-bond acceptors (Lipinski definition) is 4. The zero-order valence-corrected chi connectivity index (χ0v) is 17.7. The Morgan fingerprint density at radius 1 is 1.17 bits per heavy atom. The number of sulfonamides is 1. The van der Waals surface area contributed by atoms with E-state index in [9.17, 15) is 13.2 Å². The lowest BCUT2D eigenvalue weighted by Crippen LogP contribution is -2.43. The van der Waals surface area contributed by atoms with E-state index in [4.69, 9.17) is 4.74 Å². The molecular formula is C22H28N2O4S. The summed E-state index contributed by atoms with van der Waals surface area (Å²) in [7, 11) is -3.52. The summed E-state index contributed by atoms with van der Waals surface area (Å²) in [6, 6.07) is 13.9. The highest BCUT2D eigenvalue weighted by molar-refractivity contribution is 7.89. The molecule has 0 spiro atoms. The van der Waals surface area contributed by atoms with E-state index in [1.807, 2.05) is 32.0 Å². The van der Waals surface area contributed by atoms with Crippen molar-refractivity contribution in [3.8, 4) is 5.75 Å². The second-order valence-corrected chi connectivity index (χ2v) is 9.24. The lowest BCUT2D eigenvalue weighted by molar-refractivity contribution is -0.118. The maximum absolute atomic E-state index is 13.0.